The quantitative estimate of drug-likeness (QED) is 0.265. The molecule has 0 aromatic heterocycles. The number of piperidine rings is 1. The fraction of sp³-hybridized carbons (Fsp3) is 0.632. The van der Waals surface area contributed by atoms with E-state index < -0.39 is 0 Å². The van der Waals surface area contributed by atoms with E-state index in [1.165, 1.54) is 5.56 Å². The predicted molar refractivity (Wildman–Crippen MR) is 121 cm³/mol. The Labute approximate surface area is 179 Å². The molecule has 1 aliphatic rings. The van der Waals surface area contributed by atoms with E-state index in [-0.39, 0.29) is 30.1 Å². The standard InChI is InChI=1S/C19H31ClN4O.HI/c1-3-21-19(23(2)15-16-6-4-7-17(20)14-16)22-10-5-11-24-12-8-18(25)9-13-24;/h4,6-7,14,18,25H,3,5,8-13,15H2,1-2H3,(H,21,22);1H. The van der Waals surface area contributed by atoms with Gasteiger partial charge in [-0.3, -0.25) is 4.99 Å². The Morgan fingerprint density at radius 1 is 1.38 bits per heavy atom. The fourth-order valence-corrected chi connectivity index (χ4v) is 3.29. The number of rotatable bonds is 7. The van der Waals surface area contributed by atoms with Crippen LogP contribution in [-0.4, -0.2) is 66.7 Å². The molecule has 1 fully saturated rings. The summed E-state index contributed by atoms with van der Waals surface area (Å²) in [6.45, 7) is 7.56. The van der Waals surface area contributed by atoms with E-state index in [1.54, 1.807) is 0 Å². The minimum absolute atomic E-state index is 0. The highest BCUT2D eigenvalue weighted by Gasteiger charge is 2.16. The third-order valence-electron chi connectivity index (χ3n) is 4.46. The monoisotopic (exact) mass is 494 g/mol. The van der Waals surface area contributed by atoms with E-state index >= 15 is 0 Å². The molecule has 148 valence electrons. The van der Waals surface area contributed by atoms with Crippen molar-refractivity contribution < 1.29 is 5.11 Å². The maximum absolute atomic E-state index is 9.56. The SMILES string of the molecule is CCNC(=NCCCN1CCC(O)CC1)N(C)Cc1cccc(Cl)c1.I. The van der Waals surface area contributed by atoms with Gasteiger partial charge in [-0.05, 0) is 50.4 Å². The number of likely N-dealkylation sites (tertiary alicyclic amines) is 1. The second kappa shape index (κ2) is 12.8. The third kappa shape index (κ3) is 8.41. The molecule has 1 aromatic rings. The largest absolute Gasteiger partial charge is 0.393 e. The average molecular weight is 495 g/mol. The molecule has 0 bridgehead atoms. The summed E-state index contributed by atoms with van der Waals surface area (Å²) in [6.07, 6.45) is 2.73. The first-order valence-corrected chi connectivity index (χ1v) is 9.60. The van der Waals surface area contributed by atoms with Crippen LogP contribution in [0.25, 0.3) is 0 Å². The van der Waals surface area contributed by atoms with Crippen LogP contribution in [0.2, 0.25) is 5.02 Å². The zero-order valence-corrected chi connectivity index (χ0v) is 18.9. The lowest BCUT2D eigenvalue weighted by Gasteiger charge is -2.29. The Bertz CT molecular complexity index is 550. The average Bonchev–Trinajstić information content (AvgIpc) is 2.59. The van der Waals surface area contributed by atoms with Crippen molar-refractivity contribution in [3.63, 3.8) is 0 Å². The van der Waals surface area contributed by atoms with Gasteiger partial charge >= 0.3 is 0 Å². The highest BCUT2D eigenvalue weighted by atomic mass is 127. The number of halogens is 2. The van der Waals surface area contributed by atoms with Crippen molar-refractivity contribution in [1.29, 1.82) is 0 Å². The topological polar surface area (TPSA) is 51.1 Å². The van der Waals surface area contributed by atoms with E-state index in [4.69, 9.17) is 16.6 Å². The van der Waals surface area contributed by atoms with E-state index in [0.717, 1.165) is 69.5 Å². The van der Waals surface area contributed by atoms with Crippen molar-refractivity contribution in [1.82, 2.24) is 15.1 Å². The zero-order chi connectivity index (χ0) is 18.1. The minimum atomic E-state index is -0.102. The molecule has 0 spiro atoms. The van der Waals surface area contributed by atoms with Crippen LogP contribution in [0.3, 0.4) is 0 Å². The molecule has 26 heavy (non-hydrogen) atoms. The molecule has 1 aliphatic heterocycles. The molecule has 0 amide bonds. The van der Waals surface area contributed by atoms with Crippen LogP contribution < -0.4 is 5.32 Å². The molecule has 0 unspecified atom stereocenters. The normalized spacial score (nSPS) is 16.2. The number of hydrogen-bond acceptors (Lipinski definition) is 3. The number of aliphatic hydroxyl groups excluding tert-OH is 1. The molecule has 1 aromatic carbocycles. The van der Waals surface area contributed by atoms with Gasteiger partial charge in [0.2, 0.25) is 0 Å². The molecule has 2 N–H and O–H groups in total. The summed E-state index contributed by atoms with van der Waals surface area (Å²) in [7, 11) is 2.05. The van der Waals surface area contributed by atoms with E-state index in [0.29, 0.717) is 0 Å². The third-order valence-corrected chi connectivity index (χ3v) is 4.69. The lowest BCUT2D eigenvalue weighted by Crippen LogP contribution is -2.39. The predicted octanol–water partition coefficient (Wildman–Crippen LogP) is 3.20. The van der Waals surface area contributed by atoms with Crippen LogP contribution >= 0.6 is 35.6 Å². The van der Waals surface area contributed by atoms with Crippen LogP contribution in [0, 0.1) is 0 Å². The number of nitrogens with zero attached hydrogens (tertiary/aromatic N) is 3. The van der Waals surface area contributed by atoms with Crippen LogP contribution in [0.15, 0.2) is 29.3 Å². The molecule has 7 heteroatoms. The van der Waals surface area contributed by atoms with Crippen LogP contribution in [-0.2, 0) is 6.54 Å². The Morgan fingerprint density at radius 3 is 2.77 bits per heavy atom. The summed E-state index contributed by atoms with van der Waals surface area (Å²) < 4.78 is 0. The van der Waals surface area contributed by atoms with Gasteiger partial charge in [-0.25, -0.2) is 0 Å². The van der Waals surface area contributed by atoms with Crippen molar-refractivity contribution in [2.24, 2.45) is 4.99 Å². The first kappa shape index (κ1) is 23.5. The van der Waals surface area contributed by atoms with Gasteiger partial charge in [0.1, 0.15) is 0 Å². The molecule has 2 rings (SSSR count). The van der Waals surface area contributed by atoms with Crippen LogP contribution in [0.5, 0.6) is 0 Å². The Morgan fingerprint density at radius 2 is 2.12 bits per heavy atom. The number of aliphatic imine (C=N–C) groups is 1. The maximum Gasteiger partial charge on any atom is 0.193 e. The summed E-state index contributed by atoms with van der Waals surface area (Å²) in [6, 6.07) is 7.94. The lowest BCUT2D eigenvalue weighted by molar-refractivity contribution is 0.0824. The summed E-state index contributed by atoms with van der Waals surface area (Å²) in [4.78, 5) is 9.31. The van der Waals surface area contributed by atoms with Gasteiger partial charge in [0.05, 0.1) is 6.10 Å². The Balaban J connectivity index is 0.00000338. The molecular formula is C19H32ClIN4O. The molecule has 0 aliphatic carbocycles. The first-order valence-electron chi connectivity index (χ1n) is 9.22. The van der Waals surface area contributed by atoms with Crippen molar-refractivity contribution in [2.75, 3.05) is 39.8 Å². The Kier molecular flexibility index (Phi) is 11.5. The van der Waals surface area contributed by atoms with Gasteiger partial charge in [-0.2, -0.15) is 0 Å². The first-order chi connectivity index (χ1) is 12.1. The van der Waals surface area contributed by atoms with Crippen molar-refractivity contribution >= 4 is 41.5 Å². The number of aliphatic hydroxyl groups is 1. The van der Waals surface area contributed by atoms with Gasteiger partial charge < -0.3 is 20.2 Å². The van der Waals surface area contributed by atoms with Gasteiger partial charge in [0.15, 0.2) is 5.96 Å². The van der Waals surface area contributed by atoms with Crippen LogP contribution in [0.1, 0.15) is 31.7 Å². The molecule has 0 saturated carbocycles. The highest BCUT2D eigenvalue weighted by molar-refractivity contribution is 14.0. The van der Waals surface area contributed by atoms with Gasteiger partial charge in [0.25, 0.3) is 0 Å². The lowest BCUT2D eigenvalue weighted by atomic mass is 10.1. The molecule has 5 nitrogen and oxygen atoms in total. The summed E-state index contributed by atoms with van der Waals surface area (Å²) in [5.74, 6) is 0.927. The van der Waals surface area contributed by atoms with Crippen molar-refractivity contribution in [2.45, 2.75) is 38.8 Å². The van der Waals surface area contributed by atoms with Crippen LogP contribution in [0.4, 0.5) is 0 Å². The smallest absolute Gasteiger partial charge is 0.193 e. The van der Waals surface area contributed by atoms with E-state index in [2.05, 4.69) is 35.2 Å². The Hall–Kier alpha value is -0.570. The number of nitrogens with one attached hydrogen (secondary N) is 1. The van der Waals surface area contributed by atoms with Gasteiger partial charge in [0, 0.05) is 44.8 Å². The second-order valence-electron chi connectivity index (χ2n) is 6.65. The molecule has 0 atom stereocenters. The zero-order valence-electron chi connectivity index (χ0n) is 15.8. The van der Waals surface area contributed by atoms with Crippen molar-refractivity contribution in [3.8, 4) is 0 Å². The molecule has 1 saturated heterocycles. The second-order valence-corrected chi connectivity index (χ2v) is 7.08. The number of hydrogen-bond donors (Lipinski definition) is 2. The maximum atomic E-state index is 9.56. The number of benzene rings is 1. The van der Waals surface area contributed by atoms with Gasteiger partial charge in [-0.15, -0.1) is 24.0 Å². The minimum Gasteiger partial charge on any atom is -0.393 e. The fourth-order valence-electron chi connectivity index (χ4n) is 3.08. The number of guanidine groups is 1. The molecule has 1 heterocycles. The van der Waals surface area contributed by atoms with E-state index in [9.17, 15) is 5.11 Å². The summed E-state index contributed by atoms with van der Waals surface area (Å²) in [5, 5.41) is 13.7. The summed E-state index contributed by atoms with van der Waals surface area (Å²) >= 11 is 6.07. The highest BCUT2D eigenvalue weighted by Crippen LogP contribution is 2.12. The van der Waals surface area contributed by atoms with Crippen molar-refractivity contribution in [3.05, 3.63) is 34.9 Å². The molecular weight excluding hydrogens is 463 g/mol. The van der Waals surface area contributed by atoms with E-state index in [1.807, 2.05) is 18.2 Å². The summed E-state index contributed by atoms with van der Waals surface area (Å²) in [5.41, 5.74) is 1.17. The molecule has 0 radical (unpaired) electrons. The van der Waals surface area contributed by atoms with Gasteiger partial charge in [-0.1, -0.05) is 23.7 Å².